The molecule has 4 nitrogen and oxygen atoms in total. The van der Waals surface area contributed by atoms with Gasteiger partial charge in [-0.3, -0.25) is 9.58 Å². The summed E-state index contributed by atoms with van der Waals surface area (Å²) in [6, 6.07) is 8.00. The Morgan fingerprint density at radius 1 is 1.22 bits per heavy atom. The quantitative estimate of drug-likeness (QED) is 0.836. The zero-order chi connectivity index (χ0) is 13.1. The fourth-order valence-corrected chi connectivity index (χ4v) is 2.12. The van der Waals surface area contributed by atoms with Crippen LogP contribution in [0.25, 0.3) is 0 Å². The molecule has 0 aliphatic heterocycles. The van der Waals surface area contributed by atoms with E-state index in [1.54, 1.807) is 0 Å². The SMILES string of the molecule is Cc1nn(C)cc1CN(C)Cc1ccccc1N. The molecule has 0 saturated carbocycles. The van der Waals surface area contributed by atoms with Crippen LogP contribution in [0.2, 0.25) is 0 Å². The van der Waals surface area contributed by atoms with E-state index in [4.69, 9.17) is 5.73 Å². The van der Waals surface area contributed by atoms with Crippen LogP contribution in [0.3, 0.4) is 0 Å². The average Bonchev–Trinajstić information content (AvgIpc) is 2.61. The third kappa shape index (κ3) is 2.90. The number of para-hydroxylation sites is 1. The number of nitrogen functional groups attached to an aromatic ring is 1. The first-order valence-corrected chi connectivity index (χ1v) is 6.07. The van der Waals surface area contributed by atoms with Crippen molar-refractivity contribution in [1.82, 2.24) is 14.7 Å². The standard InChI is InChI=1S/C14H20N4/c1-11-13(10-18(3)16-11)9-17(2)8-12-6-4-5-7-14(12)15/h4-7,10H,8-9,15H2,1-3H3. The van der Waals surface area contributed by atoms with Crippen molar-refractivity contribution in [2.45, 2.75) is 20.0 Å². The maximum atomic E-state index is 5.95. The number of hydrogen-bond acceptors (Lipinski definition) is 3. The van der Waals surface area contributed by atoms with Crippen LogP contribution in [-0.4, -0.2) is 21.7 Å². The van der Waals surface area contributed by atoms with Gasteiger partial charge in [0.25, 0.3) is 0 Å². The van der Waals surface area contributed by atoms with Crippen LogP contribution in [0, 0.1) is 6.92 Å². The van der Waals surface area contributed by atoms with Gasteiger partial charge in [-0.25, -0.2) is 0 Å². The Morgan fingerprint density at radius 2 is 1.89 bits per heavy atom. The van der Waals surface area contributed by atoms with E-state index in [1.165, 1.54) is 11.1 Å². The Balaban J connectivity index is 2.03. The van der Waals surface area contributed by atoms with Gasteiger partial charge in [-0.2, -0.15) is 5.10 Å². The highest BCUT2D eigenvalue weighted by Crippen LogP contribution is 2.15. The van der Waals surface area contributed by atoms with Gasteiger partial charge in [-0.15, -0.1) is 0 Å². The average molecular weight is 244 g/mol. The van der Waals surface area contributed by atoms with E-state index in [0.29, 0.717) is 0 Å². The first-order chi connectivity index (χ1) is 8.56. The van der Waals surface area contributed by atoms with E-state index in [9.17, 15) is 0 Å². The Kier molecular flexibility index (Phi) is 3.67. The Hall–Kier alpha value is -1.81. The molecule has 0 spiro atoms. The van der Waals surface area contributed by atoms with Gasteiger partial charge in [-0.1, -0.05) is 18.2 Å². The molecule has 2 N–H and O–H groups in total. The van der Waals surface area contributed by atoms with Gasteiger partial charge >= 0.3 is 0 Å². The fraction of sp³-hybridized carbons (Fsp3) is 0.357. The lowest BCUT2D eigenvalue weighted by Crippen LogP contribution is -2.18. The van der Waals surface area contributed by atoms with Crippen LogP contribution >= 0.6 is 0 Å². The molecule has 0 unspecified atom stereocenters. The molecular formula is C14H20N4. The van der Waals surface area contributed by atoms with Gasteiger partial charge in [0.05, 0.1) is 5.69 Å². The van der Waals surface area contributed by atoms with Crippen molar-refractivity contribution in [3.8, 4) is 0 Å². The highest BCUT2D eigenvalue weighted by Gasteiger charge is 2.08. The molecule has 0 saturated heterocycles. The van der Waals surface area contributed by atoms with E-state index in [2.05, 4.69) is 29.3 Å². The molecule has 2 rings (SSSR count). The molecule has 4 heteroatoms. The van der Waals surface area contributed by atoms with Gasteiger partial charge in [0, 0.05) is 37.6 Å². The number of aromatic nitrogens is 2. The Morgan fingerprint density at radius 3 is 2.50 bits per heavy atom. The van der Waals surface area contributed by atoms with E-state index in [-0.39, 0.29) is 0 Å². The molecule has 0 bridgehead atoms. The van der Waals surface area contributed by atoms with E-state index in [1.807, 2.05) is 36.9 Å². The van der Waals surface area contributed by atoms with Crippen molar-refractivity contribution in [3.05, 3.63) is 47.3 Å². The van der Waals surface area contributed by atoms with Gasteiger partial charge in [0.2, 0.25) is 0 Å². The van der Waals surface area contributed by atoms with Crippen molar-refractivity contribution < 1.29 is 0 Å². The van der Waals surface area contributed by atoms with Gasteiger partial charge in [0.1, 0.15) is 0 Å². The van der Waals surface area contributed by atoms with Crippen molar-refractivity contribution in [2.75, 3.05) is 12.8 Å². The molecule has 96 valence electrons. The van der Waals surface area contributed by atoms with Crippen LogP contribution in [0.5, 0.6) is 0 Å². The molecule has 0 amide bonds. The monoisotopic (exact) mass is 244 g/mol. The number of benzene rings is 1. The highest BCUT2D eigenvalue weighted by molar-refractivity contribution is 5.46. The summed E-state index contributed by atoms with van der Waals surface area (Å²) in [4.78, 5) is 2.25. The van der Waals surface area contributed by atoms with Gasteiger partial charge < -0.3 is 5.73 Å². The van der Waals surface area contributed by atoms with Crippen LogP contribution in [0.4, 0.5) is 5.69 Å². The predicted octanol–water partition coefficient (Wildman–Crippen LogP) is 1.94. The van der Waals surface area contributed by atoms with Crippen LogP contribution < -0.4 is 5.73 Å². The summed E-state index contributed by atoms with van der Waals surface area (Å²) in [6.45, 7) is 3.77. The molecule has 18 heavy (non-hydrogen) atoms. The van der Waals surface area contributed by atoms with E-state index < -0.39 is 0 Å². The summed E-state index contributed by atoms with van der Waals surface area (Å²) >= 11 is 0. The first kappa shape index (κ1) is 12.6. The molecule has 0 atom stereocenters. The lowest BCUT2D eigenvalue weighted by Gasteiger charge is -2.17. The molecule has 1 aromatic heterocycles. The van der Waals surface area contributed by atoms with Crippen molar-refractivity contribution >= 4 is 5.69 Å². The first-order valence-electron chi connectivity index (χ1n) is 6.07. The van der Waals surface area contributed by atoms with Crippen molar-refractivity contribution in [3.63, 3.8) is 0 Å². The fourth-order valence-electron chi connectivity index (χ4n) is 2.12. The largest absolute Gasteiger partial charge is 0.398 e. The van der Waals surface area contributed by atoms with E-state index >= 15 is 0 Å². The molecule has 0 aliphatic carbocycles. The summed E-state index contributed by atoms with van der Waals surface area (Å²) in [5, 5.41) is 4.35. The van der Waals surface area contributed by atoms with Crippen LogP contribution in [-0.2, 0) is 20.1 Å². The minimum atomic E-state index is 0.848. The number of rotatable bonds is 4. The summed E-state index contributed by atoms with van der Waals surface area (Å²) in [5.41, 5.74) is 10.3. The maximum Gasteiger partial charge on any atom is 0.0638 e. The summed E-state index contributed by atoms with van der Waals surface area (Å²) in [5.74, 6) is 0. The number of nitrogens with two attached hydrogens (primary N) is 1. The second-order valence-electron chi connectivity index (χ2n) is 4.78. The highest BCUT2D eigenvalue weighted by atomic mass is 15.3. The van der Waals surface area contributed by atoms with Crippen LogP contribution in [0.1, 0.15) is 16.8 Å². The lowest BCUT2D eigenvalue weighted by molar-refractivity contribution is 0.319. The molecule has 1 aromatic carbocycles. The molecule has 0 radical (unpaired) electrons. The van der Waals surface area contributed by atoms with Crippen molar-refractivity contribution in [1.29, 1.82) is 0 Å². The number of nitrogens with zero attached hydrogens (tertiary/aromatic N) is 3. The zero-order valence-electron chi connectivity index (χ0n) is 11.2. The summed E-state index contributed by atoms with van der Waals surface area (Å²) < 4.78 is 1.86. The number of hydrogen-bond donors (Lipinski definition) is 1. The van der Waals surface area contributed by atoms with Gasteiger partial charge in [0.15, 0.2) is 0 Å². The maximum absolute atomic E-state index is 5.95. The second kappa shape index (κ2) is 5.23. The molecular weight excluding hydrogens is 224 g/mol. The third-order valence-corrected chi connectivity index (χ3v) is 3.05. The predicted molar refractivity (Wildman–Crippen MR) is 74.0 cm³/mol. The molecule has 0 fully saturated rings. The third-order valence-electron chi connectivity index (χ3n) is 3.05. The topological polar surface area (TPSA) is 47.1 Å². The second-order valence-corrected chi connectivity index (χ2v) is 4.78. The smallest absolute Gasteiger partial charge is 0.0638 e. The van der Waals surface area contributed by atoms with Gasteiger partial charge in [-0.05, 0) is 25.6 Å². The minimum absolute atomic E-state index is 0.848. The Bertz CT molecular complexity index is 530. The summed E-state index contributed by atoms with van der Waals surface area (Å²) in [7, 11) is 4.05. The lowest BCUT2D eigenvalue weighted by atomic mass is 10.1. The molecule has 0 aliphatic rings. The normalized spacial score (nSPS) is 11.1. The zero-order valence-corrected chi connectivity index (χ0v) is 11.2. The van der Waals surface area contributed by atoms with E-state index in [0.717, 1.165) is 24.5 Å². The molecule has 1 heterocycles. The number of aryl methyl sites for hydroxylation is 2. The van der Waals surface area contributed by atoms with Crippen LogP contribution in [0.15, 0.2) is 30.5 Å². The summed E-state index contributed by atoms with van der Waals surface area (Å²) in [6.07, 6.45) is 2.07. The Labute approximate surface area is 108 Å². The van der Waals surface area contributed by atoms with Crippen molar-refractivity contribution in [2.24, 2.45) is 7.05 Å². The number of anilines is 1. The minimum Gasteiger partial charge on any atom is -0.398 e. The molecule has 2 aromatic rings.